The molecular formula is C62H86F2N10O10. The zero-order valence-corrected chi connectivity index (χ0v) is 49.8. The van der Waals surface area contributed by atoms with Gasteiger partial charge in [-0.1, -0.05) is 51.5 Å². The molecule has 2 aliphatic heterocycles. The van der Waals surface area contributed by atoms with Gasteiger partial charge in [-0.25, -0.2) is 8.78 Å². The number of nitrogens with zero attached hydrogens (tertiary/aromatic N) is 5. The van der Waals surface area contributed by atoms with Gasteiger partial charge in [-0.15, -0.1) is 0 Å². The third-order valence-electron chi connectivity index (χ3n) is 17.9. The third-order valence-corrected chi connectivity index (χ3v) is 17.9. The van der Waals surface area contributed by atoms with E-state index in [1.165, 1.54) is 30.3 Å². The van der Waals surface area contributed by atoms with Crippen molar-refractivity contribution in [1.82, 2.24) is 50.8 Å². The Morgan fingerprint density at radius 3 is 1.64 bits per heavy atom. The van der Waals surface area contributed by atoms with Gasteiger partial charge in [0.15, 0.2) is 5.78 Å². The summed E-state index contributed by atoms with van der Waals surface area (Å²) in [7, 11) is 5.04. The maximum atomic E-state index is 14.8. The Bertz CT molecular complexity index is 2920. The zero-order valence-electron chi connectivity index (χ0n) is 49.8. The number of Topliss-reactive ketones (excluding diaryl/α,β-unsaturated/α-hetero) is 1. The second-order valence-electron chi connectivity index (χ2n) is 23.2. The first-order chi connectivity index (χ1) is 40.4. The number of nitrogens with one attached hydrogen (secondary N) is 5. The van der Waals surface area contributed by atoms with Gasteiger partial charge in [0.05, 0.1) is 37.5 Å². The Kier molecular flexibility index (Phi) is 22.2. The number of allylic oxidation sites excluding steroid dienone is 1. The van der Waals surface area contributed by atoms with Crippen LogP contribution in [0.1, 0.15) is 136 Å². The Morgan fingerprint density at radius 2 is 1.11 bits per heavy atom. The number of aromatic nitrogens is 1. The number of fused-ring (bicyclic) bond motifs is 2. The molecule has 8 rings (SSSR count). The number of carbonyl (C=O) groups excluding carboxylic acids is 8. The molecule has 5 N–H and O–H groups in total. The van der Waals surface area contributed by atoms with Crippen molar-refractivity contribution in [3.63, 3.8) is 0 Å². The first-order valence-corrected chi connectivity index (χ1v) is 30.3. The van der Waals surface area contributed by atoms with Gasteiger partial charge in [-0.3, -0.25) is 38.4 Å². The lowest BCUT2D eigenvalue weighted by atomic mass is 9.83. The van der Waals surface area contributed by atoms with Crippen molar-refractivity contribution < 1.29 is 56.6 Å². The smallest absolute Gasteiger partial charge is 0.271 e. The number of aryl methyl sites for hydroxylation is 1. The van der Waals surface area contributed by atoms with E-state index in [0.717, 1.165) is 64.2 Å². The monoisotopic (exact) mass is 1170 g/mol. The van der Waals surface area contributed by atoms with Crippen LogP contribution in [0, 0.1) is 23.5 Å². The fourth-order valence-corrected chi connectivity index (χ4v) is 12.7. The van der Waals surface area contributed by atoms with E-state index in [1.807, 2.05) is 6.92 Å². The van der Waals surface area contributed by atoms with E-state index in [2.05, 4.69) is 26.6 Å². The second kappa shape index (κ2) is 29.5. The van der Waals surface area contributed by atoms with E-state index in [-0.39, 0.29) is 161 Å². The molecule has 0 radical (unpaired) electrons. The number of ketones is 1. The summed E-state index contributed by atoms with van der Waals surface area (Å²) in [4.78, 5) is 118. The van der Waals surface area contributed by atoms with E-state index >= 15 is 0 Å². The molecule has 5 aliphatic rings. The lowest BCUT2D eigenvalue weighted by molar-refractivity contribution is -0.142. The van der Waals surface area contributed by atoms with Crippen LogP contribution in [0.15, 0.2) is 42.0 Å². The minimum atomic E-state index is -0.671. The molecule has 4 fully saturated rings. The normalized spacial score (nSPS) is 19.4. The number of carbonyl (C=O) groups is 8. The van der Waals surface area contributed by atoms with Crippen molar-refractivity contribution in [2.45, 2.75) is 128 Å². The topological polar surface area (TPSA) is 233 Å². The van der Waals surface area contributed by atoms with Gasteiger partial charge in [-0.2, -0.15) is 0 Å². The Hall–Kier alpha value is -6.62. The Morgan fingerprint density at radius 1 is 0.619 bits per heavy atom. The van der Waals surface area contributed by atoms with E-state index < -0.39 is 53.5 Å². The van der Waals surface area contributed by atoms with E-state index in [0.29, 0.717) is 28.6 Å². The number of piperazine rings is 2. The van der Waals surface area contributed by atoms with Crippen molar-refractivity contribution in [2.75, 3.05) is 99.4 Å². The van der Waals surface area contributed by atoms with Crippen LogP contribution in [-0.2, 0) is 45.3 Å². The molecule has 84 heavy (non-hydrogen) atoms. The van der Waals surface area contributed by atoms with Gasteiger partial charge < -0.3 is 60.2 Å². The van der Waals surface area contributed by atoms with E-state index in [1.54, 1.807) is 65.2 Å². The summed E-state index contributed by atoms with van der Waals surface area (Å²) in [6.45, 7) is 7.82. The number of likely N-dealkylation sites (N-methyl/N-ethyl adjacent to an activating group) is 2. The molecule has 3 heterocycles. The number of benzene rings is 2. The summed E-state index contributed by atoms with van der Waals surface area (Å²) in [5, 5.41) is 15.0. The van der Waals surface area contributed by atoms with Gasteiger partial charge in [0.2, 0.25) is 23.6 Å². The molecular weight excluding hydrogens is 1080 g/mol. The van der Waals surface area contributed by atoms with Crippen LogP contribution in [0.2, 0.25) is 0 Å². The lowest BCUT2D eigenvalue weighted by Gasteiger charge is -2.39. The summed E-state index contributed by atoms with van der Waals surface area (Å²) in [5.74, 6) is -4.01. The highest BCUT2D eigenvalue weighted by Crippen LogP contribution is 2.44. The highest BCUT2D eigenvalue weighted by atomic mass is 19.1. The number of halogens is 2. The van der Waals surface area contributed by atoms with Crippen LogP contribution in [0.4, 0.5) is 8.78 Å². The van der Waals surface area contributed by atoms with Gasteiger partial charge in [0.25, 0.3) is 17.7 Å². The summed E-state index contributed by atoms with van der Waals surface area (Å²) < 4.78 is 42.7. The molecule has 5 atom stereocenters. The summed E-state index contributed by atoms with van der Waals surface area (Å²) in [5.41, 5.74) is 2.17. The van der Waals surface area contributed by atoms with Crippen molar-refractivity contribution in [3.05, 3.63) is 76.0 Å². The average Bonchev–Trinajstić information content (AvgIpc) is 1.98. The van der Waals surface area contributed by atoms with Crippen molar-refractivity contribution >= 4 is 63.6 Å². The Labute approximate surface area is 491 Å². The zero-order chi connectivity index (χ0) is 60.2. The number of hydrogen-bond donors (Lipinski definition) is 5. The highest BCUT2D eigenvalue weighted by molar-refractivity contribution is 6.29. The van der Waals surface area contributed by atoms with Gasteiger partial charge in [0, 0.05) is 107 Å². The number of rotatable bonds is 24. The molecule has 20 nitrogen and oxygen atoms in total. The molecule has 0 spiro atoms. The fourth-order valence-electron chi connectivity index (χ4n) is 12.7. The number of hydrogen-bond acceptors (Lipinski definition) is 12. The maximum Gasteiger partial charge on any atom is 0.271 e. The van der Waals surface area contributed by atoms with Crippen LogP contribution in [0.25, 0.3) is 16.5 Å². The van der Waals surface area contributed by atoms with E-state index in [4.69, 9.17) is 9.47 Å². The van der Waals surface area contributed by atoms with Crippen LogP contribution in [-0.4, -0.2) is 195 Å². The number of amides is 7. The lowest BCUT2D eigenvalue weighted by Crippen LogP contribution is -2.59. The van der Waals surface area contributed by atoms with Crippen molar-refractivity contribution in [2.24, 2.45) is 18.9 Å². The molecule has 1 aromatic heterocycles. The fraction of sp³-hybridized carbons (Fsp3) is 0.613. The minimum absolute atomic E-state index is 0.0172. The molecule has 2 saturated carbocycles. The van der Waals surface area contributed by atoms with Crippen molar-refractivity contribution in [1.29, 1.82) is 0 Å². The van der Waals surface area contributed by atoms with Gasteiger partial charge in [-0.05, 0) is 113 Å². The van der Waals surface area contributed by atoms with Crippen molar-refractivity contribution in [3.8, 4) is 0 Å². The third kappa shape index (κ3) is 14.7. The van der Waals surface area contributed by atoms with Crippen LogP contribution in [0.5, 0.6) is 0 Å². The molecule has 0 bridgehead atoms. The highest BCUT2D eigenvalue weighted by Gasteiger charge is 2.42. The predicted molar refractivity (Wildman–Crippen MR) is 313 cm³/mol. The standard InChI is InChI=1S/C62H86F2N10O10/c1-38-45-21-19-43(63)36-46(45)51(50(38)59(79)71-24-26-72(27-25-71)60(80)53(41-14-9-7-10-15-41)68-56(76)39(2)65-4)49(75)18-13-32-83-34-35-84-33-23-67-58(78)52-47-37-44(64)20-22-48(47)70(6)55(52)62(82)74-30-28-73(29-31-74)61(81)54(42-16-11-8-12-17-42)69-57(77)40(3)66-5/h19-22,36-42,53-54,65-66H,7-18,23-35H2,1-6H3,(H,67,78)(H,68,76)(H,69,77)/t38?,39-,40-,53-,54-/m0/s1. The SMILES string of the molecule is CN[C@@H](C)C(=O)N[C@H](C(=O)N1CCN(C(=O)C2=C(C(=O)CCCOCCOCCNC(=O)c3c(C(=O)N4CCN(C(=O)[C@@H](NC(=O)[C@H](C)NC)C5CCCCC5)CC4)n(C)c4ccc(F)cc34)c3cc(F)ccc3C2C)CC1)C1CCCCC1. The molecule has 7 amide bonds. The minimum Gasteiger partial charge on any atom is -0.379 e. The van der Waals surface area contributed by atoms with Gasteiger partial charge >= 0.3 is 0 Å². The van der Waals surface area contributed by atoms with E-state index in [9.17, 15) is 47.1 Å². The van der Waals surface area contributed by atoms with Crippen LogP contribution < -0.4 is 26.6 Å². The quantitative estimate of drug-likeness (QED) is 0.0784. The largest absolute Gasteiger partial charge is 0.379 e. The van der Waals surface area contributed by atoms with Crippen LogP contribution in [0.3, 0.4) is 0 Å². The molecule has 3 aromatic rings. The molecule has 458 valence electrons. The molecule has 2 aromatic carbocycles. The molecule has 1 unspecified atom stereocenters. The molecule has 22 heteroatoms. The maximum absolute atomic E-state index is 14.8. The first kappa shape index (κ1) is 63.4. The average molecular weight is 1170 g/mol. The number of ether oxygens (including phenoxy) is 2. The predicted octanol–water partition coefficient (Wildman–Crippen LogP) is 4.44. The van der Waals surface area contributed by atoms with Gasteiger partial charge in [0.1, 0.15) is 29.4 Å². The first-order valence-electron chi connectivity index (χ1n) is 30.3. The van der Waals surface area contributed by atoms with Crippen LogP contribution >= 0.6 is 0 Å². The second-order valence-corrected chi connectivity index (χ2v) is 23.2. The summed E-state index contributed by atoms with van der Waals surface area (Å²) in [6.07, 6.45) is 9.88. The Balaban J connectivity index is 0.805. The molecule has 2 saturated heterocycles. The summed E-state index contributed by atoms with van der Waals surface area (Å²) >= 11 is 0. The molecule has 3 aliphatic carbocycles. The summed E-state index contributed by atoms with van der Waals surface area (Å²) in [6, 6.07) is 6.00.